The third kappa shape index (κ3) is 5.51. The maximum atomic E-state index is 13.5. The van der Waals surface area contributed by atoms with Gasteiger partial charge in [0.05, 0.1) is 23.4 Å². The zero-order chi connectivity index (χ0) is 26.6. The Morgan fingerprint density at radius 1 is 1.08 bits per heavy atom. The van der Waals surface area contributed by atoms with Gasteiger partial charge in [0.1, 0.15) is 11.6 Å². The summed E-state index contributed by atoms with van der Waals surface area (Å²) < 4.78 is 48.1. The average Bonchev–Trinajstić information content (AvgIpc) is 2.92. The van der Waals surface area contributed by atoms with Crippen molar-refractivity contribution in [2.24, 2.45) is 5.92 Å². The summed E-state index contributed by atoms with van der Waals surface area (Å²) >= 11 is 0. The number of anilines is 2. The average molecular weight is 525 g/mol. The number of aldehydes is 1. The van der Waals surface area contributed by atoms with Crippen molar-refractivity contribution in [3.8, 4) is 5.75 Å². The third-order valence-electron chi connectivity index (χ3n) is 6.70. The molecular formula is C28H29FN2O5S. The molecule has 0 aliphatic carbocycles. The molecule has 0 atom stereocenters. The van der Waals surface area contributed by atoms with Crippen LogP contribution in [0.3, 0.4) is 0 Å². The SMILES string of the molecule is CCc1c(S(=O)(=O)Nc2ccccc2OC)ccc(C=O)c1N1CCC(C(=O)c2ccc(F)cc2)CC1. The number of nitrogens with zero attached hydrogens (tertiary/aromatic N) is 1. The van der Waals surface area contributed by atoms with Gasteiger partial charge in [-0.25, -0.2) is 12.8 Å². The number of sulfonamides is 1. The molecule has 37 heavy (non-hydrogen) atoms. The predicted octanol–water partition coefficient (Wildman–Crippen LogP) is 5.11. The number of carbonyl (C=O) groups is 2. The van der Waals surface area contributed by atoms with Crippen molar-refractivity contribution in [1.29, 1.82) is 0 Å². The topological polar surface area (TPSA) is 92.8 Å². The van der Waals surface area contributed by atoms with E-state index < -0.39 is 15.8 Å². The minimum absolute atomic E-state index is 0.0386. The summed E-state index contributed by atoms with van der Waals surface area (Å²) in [6.45, 7) is 2.81. The largest absolute Gasteiger partial charge is 0.495 e. The van der Waals surface area contributed by atoms with Crippen LogP contribution >= 0.6 is 0 Å². The number of halogens is 1. The minimum Gasteiger partial charge on any atom is -0.495 e. The van der Waals surface area contributed by atoms with Gasteiger partial charge < -0.3 is 9.64 Å². The number of piperidine rings is 1. The van der Waals surface area contributed by atoms with Crippen LogP contribution in [0.2, 0.25) is 0 Å². The fourth-order valence-electron chi connectivity index (χ4n) is 4.84. The molecule has 0 radical (unpaired) electrons. The zero-order valence-corrected chi connectivity index (χ0v) is 21.6. The van der Waals surface area contributed by atoms with E-state index in [4.69, 9.17) is 4.74 Å². The monoisotopic (exact) mass is 524 g/mol. The Bertz CT molecular complexity index is 1400. The highest BCUT2D eigenvalue weighted by atomic mass is 32.2. The van der Waals surface area contributed by atoms with Crippen molar-refractivity contribution in [1.82, 2.24) is 0 Å². The molecule has 3 aromatic carbocycles. The Labute approximate surface area is 216 Å². The molecule has 4 rings (SSSR count). The fraction of sp³-hybridized carbons (Fsp3) is 0.286. The fourth-order valence-corrected chi connectivity index (χ4v) is 6.22. The van der Waals surface area contributed by atoms with Crippen LogP contribution in [0.5, 0.6) is 5.75 Å². The molecule has 1 N–H and O–H groups in total. The minimum atomic E-state index is -4.00. The molecular weight excluding hydrogens is 495 g/mol. The molecule has 9 heteroatoms. The highest BCUT2D eigenvalue weighted by Crippen LogP contribution is 2.36. The van der Waals surface area contributed by atoms with Crippen LogP contribution in [0, 0.1) is 11.7 Å². The number of nitrogens with one attached hydrogen (secondary N) is 1. The Kier molecular flexibility index (Phi) is 7.92. The van der Waals surface area contributed by atoms with E-state index in [1.807, 2.05) is 11.8 Å². The Morgan fingerprint density at radius 3 is 2.38 bits per heavy atom. The summed E-state index contributed by atoms with van der Waals surface area (Å²) in [6.07, 6.45) is 2.18. The van der Waals surface area contributed by atoms with E-state index in [0.717, 1.165) is 6.29 Å². The van der Waals surface area contributed by atoms with Crippen LogP contribution in [0.25, 0.3) is 0 Å². The Morgan fingerprint density at radius 2 is 1.76 bits per heavy atom. The number of hydrogen-bond acceptors (Lipinski definition) is 6. The van der Waals surface area contributed by atoms with Crippen LogP contribution in [0.15, 0.2) is 65.6 Å². The standard InChI is InChI=1S/C28H29FN2O5S/c1-3-23-26(37(34,35)30-24-6-4-5-7-25(24)36-2)13-10-21(18-32)27(23)31-16-14-20(15-17-31)28(33)19-8-11-22(29)12-9-19/h4-13,18,20,30H,3,14-17H2,1-2H3. The van der Waals surface area contributed by atoms with Gasteiger partial charge in [-0.2, -0.15) is 0 Å². The summed E-state index contributed by atoms with van der Waals surface area (Å²) in [7, 11) is -2.53. The molecule has 0 unspecified atom stereocenters. The quantitative estimate of drug-likeness (QED) is 0.309. The van der Waals surface area contributed by atoms with Crippen molar-refractivity contribution >= 4 is 33.5 Å². The van der Waals surface area contributed by atoms with Crippen molar-refractivity contribution in [3.05, 3.63) is 83.2 Å². The molecule has 1 aliphatic heterocycles. The first-order chi connectivity index (χ1) is 17.8. The zero-order valence-electron chi connectivity index (χ0n) is 20.7. The number of methoxy groups -OCH3 is 1. The van der Waals surface area contributed by atoms with E-state index in [1.54, 1.807) is 24.3 Å². The van der Waals surface area contributed by atoms with Crippen molar-refractivity contribution < 1.29 is 27.1 Å². The number of ether oxygens (including phenoxy) is 1. The van der Waals surface area contributed by atoms with Gasteiger partial charge >= 0.3 is 0 Å². The highest BCUT2D eigenvalue weighted by molar-refractivity contribution is 7.92. The number of hydrogen-bond donors (Lipinski definition) is 1. The van der Waals surface area contributed by atoms with Gasteiger partial charge in [-0.3, -0.25) is 14.3 Å². The summed E-state index contributed by atoms with van der Waals surface area (Å²) in [6, 6.07) is 15.2. The van der Waals surface area contributed by atoms with Gasteiger partial charge in [0.15, 0.2) is 12.1 Å². The number of benzene rings is 3. The summed E-state index contributed by atoms with van der Waals surface area (Å²) in [4.78, 5) is 27.0. The molecule has 3 aromatic rings. The van der Waals surface area contributed by atoms with Gasteiger partial charge in [-0.1, -0.05) is 19.1 Å². The van der Waals surface area contributed by atoms with E-state index in [-0.39, 0.29) is 16.6 Å². The van der Waals surface area contributed by atoms with Crippen LogP contribution < -0.4 is 14.4 Å². The summed E-state index contributed by atoms with van der Waals surface area (Å²) in [5, 5.41) is 0. The lowest BCUT2D eigenvalue weighted by molar-refractivity contribution is 0.0900. The molecule has 7 nitrogen and oxygen atoms in total. The number of para-hydroxylation sites is 2. The van der Waals surface area contributed by atoms with Crippen molar-refractivity contribution in [2.75, 3.05) is 29.8 Å². The van der Waals surface area contributed by atoms with Gasteiger partial charge in [-0.05, 0) is 73.4 Å². The van der Waals surface area contributed by atoms with Crippen LogP contribution in [0.1, 0.15) is 46.0 Å². The summed E-state index contributed by atoms with van der Waals surface area (Å²) in [5.74, 6) is -0.273. The number of carbonyl (C=O) groups excluding carboxylic acids is 2. The second kappa shape index (κ2) is 11.1. The highest BCUT2D eigenvalue weighted by Gasteiger charge is 2.30. The number of ketones is 1. The molecule has 1 saturated heterocycles. The van der Waals surface area contributed by atoms with Gasteiger partial charge in [0.2, 0.25) is 0 Å². The van der Waals surface area contributed by atoms with E-state index in [0.29, 0.717) is 66.2 Å². The van der Waals surface area contributed by atoms with E-state index in [2.05, 4.69) is 4.72 Å². The van der Waals surface area contributed by atoms with E-state index in [9.17, 15) is 22.4 Å². The van der Waals surface area contributed by atoms with Crippen LogP contribution in [0.4, 0.5) is 15.8 Å². The van der Waals surface area contributed by atoms with Gasteiger partial charge in [0, 0.05) is 30.1 Å². The molecule has 0 saturated carbocycles. The first kappa shape index (κ1) is 26.3. The normalized spacial score (nSPS) is 14.3. The maximum Gasteiger partial charge on any atom is 0.262 e. The van der Waals surface area contributed by atoms with Crippen LogP contribution in [-0.4, -0.2) is 40.7 Å². The van der Waals surface area contributed by atoms with Crippen LogP contribution in [-0.2, 0) is 16.4 Å². The van der Waals surface area contributed by atoms with Crippen molar-refractivity contribution in [3.63, 3.8) is 0 Å². The summed E-state index contributed by atoms with van der Waals surface area (Å²) in [5.41, 5.74) is 2.30. The molecule has 1 heterocycles. The molecule has 1 aliphatic rings. The lowest BCUT2D eigenvalue weighted by atomic mass is 9.88. The first-order valence-electron chi connectivity index (χ1n) is 12.1. The lowest BCUT2D eigenvalue weighted by Crippen LogP contribution is -2.37. The van der Waals surface area contributed by atoms with Gasteiger partial charge in [0.25, 0.3) is 10.0 Å². The third-order valence-corrected chi connectivity index (χ3v) is 8.15. The second-order valence-corrected chi connectivity index (χ2v) is 10.5. The number of rotatable bonds is 9. The smallest absolute Gasteiger partial charge is 0.262 e. The molecule has 0 spiro atoms. The predicted molar refractivity (Wildman–Crippen MR) is 141 cm³/mol. The maximum absolute atomic E-state index is 13.5. The Hall–Kier alpha value is -3.72. The van der Waals surface area contributed by atoms with E-state index >= 15 is 0 Å². The first-order valence-corrected chi connectivity index (χ1v) is 13.6. The Balaban J connectivity index is 1.62. The lowest BCUT2D eigenvalue weighted by Gasteiger charge is -2.35. The van der Waals surface area contributed by atoms with Crippen molar-refractivity contribution in [2.45, 2.75) is 31.1 Å². The van der Waals surface area contributed by atoms with Gasteiger partial charge in [-0.15, -0.1) is 0 Å². The molecule has 0 bridgehead atoms. The molecule has 0 aromatic heterocycles. The molecule has 194 valence electrons. The molecule has 1 fully saturated rings. The molecule has 0 amide bonds. The second-order valence-electron chi connectivity index (χ2n) is 8.89. The number of Topliss-reactive ketones (excluding diaryl/α,β-unsaturated/α-hetero) is 1. The van der Waals surface area contributed by atoms with E-state index in [1.165, 1.54) is 43.5 Å².